The molecule has 5 rings (SSSR count). The maximum Gasteiger partial charge on any atom is 0.187 e. The Balaban J connectivity index is 1.49. The zero-order valence-corrected chi connectivity index (χ0v) is 16.7. The van der Waals surface area contributed by atoms with Crippen LogP contribution in [0, 0.1) is 6.92 Å². The molecular formula is C25H24N3O+. The molecular weight excluding hydrogens is 358 g/mol. The molecule has 0 saturated heterocycles. The third kappa shape index (κ3) is 3.05. The largest absolute Gasteiger partial charge is 0.292 e. The van der Waals surface area contributed by atoms with Crippen molar-refractivity contribution in [2.45, 2.75) is 38.8 Å². The van der Waals surface area contributed by atoms with Crippen LogP contribution >= 0.6 is 0 Å². The quantitative estimate of drug-likeness (QED) is 0.485. The summed E-state index contributed by atoms with van der Waals surface area (Å²) in [4.78, 5) is 13.2. The van der Waals surface area contributed by atoms with Gasteiger partial charge in [0.1, 0.15) is 6.04 Å². The highest BCUT2D eigenvalue weighted by molar-refractivity contribution is 6.02. The topological polar surface area (TPSA) is 38.8 Å². The molecule has 0 fully saturated rings. The Kier molecular flexibility index (Phi) is 4.27. The van der Waals surface area contributed by atoms with Gasteiger partial charge in [-0.2, -0.15) is 9.67 Å². The number of benzene rings is 2. The molecule has 0 N–H and O–H groups in total. The van der Waals surface area contributed by atoms with Crippen LogP contribution in [0.4, 0.5) is 0 Å². The van der Waals surface area contributed by atoms with E-state index in [1.807, 2.05) is 29.1 Å². The molecule has 0 bridgehead atoms. The number of rotatable bonds is 3. The first kappa shape index (κ1) is 17.8. The summed E-state index contributed by atoms with van der Waals surface area (Å²) in [7, 11) is 0. The predicted octanol–water partition coefficient (Wildman–Crippen LogP) is 4.61. The minimum atomic E-state index is -0.231. The third-order valence-corrected chi connectivity index (χ3v) is 6.10. The van der Waals surface area contributed by atoms with Crippen LogP contribution in [0.15, 0.2) is 73.2 Å². The number of carbonyl (C=O) groups excluding carboxylic acids is 1. The van der Waals surface area contributed by atoms with Crippen molar-refractivity contribution in [3.63, 3.8) is 0 Å². The van der Waals surface area contributed by atoms with Gasteiger partial charge in [-0.3, -0.25) is 9.48 Å². The van der Waals surface area contributed by atoms with E-state index in [2.05, 4.69) is 72.3 Å². The average molecular weight is 382 g/mol. The van der Waals surface area contributed by atoms with Gasteiger partial charge >= 0.3 is 0 Å². The van der Waals surface area contributed by atoms with Crippen LogP contribution in [0.25, 0.3) is 10.9 Å². The van der Waals surface area contributed by atoms with Crippen LogP contribution in [-0.4, -0.2) is 15.6 Å². The van der Waals surface area contributed by atoms with E-state index in [4.69, 9.17) is 0 Å². The number of Topliss-reactive ketones (excluding diaryl/α,β-unsaturated/α-hetero) is 1. The van der Waals surface area contributed by atoms with E-state index < -0.39 is 0 Å². The minimum absolute atomic E-state index is 0.172. The zero-order chi connectivity index (χ0) is 20.0. The lowest BCUT2D eigenvalue weighted by molar-refractivity contribution is -0.709. The van der Waals surface area contributed by atoms with E-state index in [0.29, 0.717) is 0 Å². The van der Waals surface area contributed by atoms with Crippen LogP contribution in [-0.2, 0) is 6.42 Å². The average Bonchev–Trinajstić information content (AvgIpc) is 3.17. The lowest BCUT2D eigenvalue weighted by atomic mass is 9.86. The molecule has 29 heavy (non-hydrogen) atoms. The maximum absolute atomic E-state index is 13.2. The van der Waals surface area contributed by atoms with E-state index >= 15 is 0 Å². The number of carbonyl (C=O) groups is 1. The number of ketones is 1. The first-order chi connectivity index (χ1) is 14.1. The molecule has 2 atom stereocenters. The van der Waals surface area contributed by atoms with Crippen molar-refractivity contribution >= 4 is 16.7 Å². The fourth-order valence-electron chi connectivity index (χ4n) is 4.42. The second-order valence-electron chi connectivity index (χ2n) is 7.99. The molecule has 1 aliphatic carbocycles. The highest BCUT2D eigenvalue weighted by atomic mass is 16.1. The van der Waals surface area contributed by atoms with Crippen molar-refractivity contribution < 1.29 is 9.36 Å². The van der Waals surface area contributed by atoms with E-state index in [1.165, 1.54) is 11.1 Å². The predicted molar refractivity (Wildman–Crippen MR) is 113 cm³/mol. The number of nitrogens with zero attached hydrogens (tertiary/aromatic N) is 3. The highest BCUT2D eigenvalue weighted by Crippen LogP contribution is 2.31. The summed E-state index contributed by atoms with van der Waals surface area (Å²) in [5, 5.41) is 5.67. The van der Waals surface area contributed by atoms with Gasteiger partial charge in [0.15, 0.2) is 24.2 Å². The van der Waals surface area contributed by atoms with Gasteiger partial charge in [0.05, 0.1) is 17.1 Å². The van der Waals surface area contributed by atoms with Crippen molar-refractivity contribution in [1.82, 2.24) is 9.78 Å². The first-order valence-electron chi connectivity index (χ1n) is 10.2. The lowest BCUT2D eigenvalue weighted by Crippen LogP contribution is -2.37. The van der Waals surface area contributed by atoms with E-state index in [1.54, 1.807) is 0 Å². The number of fused-ring (bicyclic) bond motifs is 2. The second-order valence-corrected chi connectivity index (χ2v) is 7.99. The van der Waals surface area contributed by atoms with Gasteiger partial charge in [0, 0.05) is 24.1 Å². The standard InChI is InChI=1S/C25H24N3O/c1-17-8-10-22-20(14-17)9-11-24(25(22)29)28-23-12-13-27(16-21(23)15-26-28)18(2)19-6-4-3-5-7-19/h3-8,10,12-16,18,24H,9,11H2,1-2H3/q+1. The fourth-order valence-corrected chi connectivity index (χ4v) is 4.42. The molecule has 4 aromatic rings. The summed E-state index contributed by atoms with van der Waals surface area (Å²) < 4.78 is 4.11. The zero-order valence-electron chi connectivity index (χ0n) is 16.7. The summed E-state index contributed by atoms with van der Waals surface area (Å²) in [5.74, 6) is 0.172. The summed E-state index contributed by atoms with van der Waals surface area (Å²) in [6, 6.07) is 18.7. The van der Waals surface area contributed by atoms with Crippen LogP contribution in [0.1, 0.15) is 52.5 Å². The summed E-state index contributed by atoms with van der Waals surface area (Å²) in [5.41, 5.74) is 5.49. The Morgan fingerprint density at radius 1 is 1.14 bits per heavy atom. The normalized spacial score (nSPS) is 17.3. The van der Waals surface area contributed by atoms with Crippen molar-refractivity contribution in [2.24, 2.45) is 0 Å². The monoisotopic (exact) mass is 382 g/mol. The van der Waals surface area contributed by atoms with Gasteiger partial charge < -0.3 is 0 Å². The molecule has 0 spiro atoms. The Labute approximate surface area is 170 Å². The van der Waals surface area contributed by atoms with Crippen LogP contribution in [0.5, 0.6) is 0 Å². The second kappa shape index (κ2) is 6.96. The SMILES string of the molecule is Cc1ccc2c(c1)CCC(n1ncc3c[n+](C(C)c4ccccc4)ccc31)C2=O. The van der Waals surface area contributed by atoms with Crippen molar-refractivity contribution in [1.29, 1.82) is 0 Å². The Hall–Kier alpha value is -3.27. The molecule has 4 nitrogen and oxygen atoms in total. The number of hydrogen-bond donors (Lipinski definition) is 0. The van der Waals surface area contributed by atoms with E-state index in [-0.39, 0.29) is 17.9 Å². The van der Waals surface area contributed by atoms with Crippen molar-refractivity contribution in [2.75, 3.05) is 0 Å². The number of aromatic nitrogens is 3. The van der Waals surface area contributed by atoms with Crippen LogP contribution < -0.4 is 4.57 Å². The van der Waals surface area contributed by atoms with Crippen LogP contribution in [0.2, 0.25) is 0 Å². The van der Waals surface area contributed by atoms with E-state index in [0.717, 1.165) is 34.9 Å². The smallest absolute Gasteiger partial charge is 0.187 e. The van der Waals surface area contributed by atoms with Gasteiger partial charge in [-0.05, 0) is 25.3 Å². The molecule has 0 amide bonds. The molecule has 2 aromatic heterocycles. The Morgan fingerprint density at radius 3 is 2.79 bits per heavy atom. The van der Waals surface area contributed by atoms with Crippen LogP contribution in [0.3, 0.4) is 0 Å². The Morgan fingerprint density at radius 2 is 1.97 bits per heavy atom. The van der Waals surface area contributed by atoms with E-state index in [9.17, 15) is 4.79 Å². The van der Waals surface area contributed by atoms with Crippen molar-refractivity contribution in [3.05, 3.63) is 95.4 Å². The summed E-state index contributed by atoms with van der Waals surface area (Å²) in [6.45, 7) is 4.26. The third-order valence-electron chi connectivity index (χ3n) is 6.10. The van der Waals surface area contributed by atoms with Gasteiger partial charge in [-0.15, -0.1) is 0 Å². The molecule has 4 heteroatoms. The molecule has 0 saturated carbocycles. The fraction of sp³-hybridized carbons (Fsp3) is 0.240. The molecule has 2 unspecified atom stereocenters. The van der Waals surface area contributed by atoms with Gasteiger partial charge in [0.25, 0.3) is 0 Å². The van der Waals surface area contributed by atoms with Gasteiger partial charge in [-0.25, -0.2) is 0 Å². The molecule has 0 aliphatic heterocycles. The minimum Gasteiger partial charge on any atom is -0.292 e. The molecule has 1 aliphatic rings. The highest BCUT2D eigenvalue weighted by Gasteiger charge is 2.30. The first-order valence-corrected chi connectivity index (χ1v) is 10.2. The molecule has 2 aromatic carbocycles. The summed E-state index contributed by atoms with van der Waals surface area (Å²) >= 11 is 0. The summed E-state index contributed by atoms with van der Waals surface area (Å²) in [6.07, 6.45) is 7.79. The number of pyridine rings is 1. The maximum atomic E-state index is 13.2. The van der Waals surface area contributed by atoms with Gasteiger partial charge in [0.2, 0.25) is 0 Å². The lowest BCUT2D eigenvalue weighted by Gasteiger charge is -2.24. The molecule has 144 valence electrons. The van der Waals surface area contributed by atoms with Crippen molar-refractivity contribution in [3.8, 4) is 0 Å². The molecule has 2 heterocycles. The van der Waals surface area contributed by atoms with Gasteiger partial charge in [-0.1, -0.05) is 54.1 Å². The molecule has 0 radical (unpaired) electrons. The number of aryl methyl sites for hydroxylation is 2. The Bertz CT molecular complexity index is 1210. The number of hydrogen-bond acceptors (Lipinski definition) is 2.